The highest BCUT2D eigenvalue weighted by molar-refractivity contribution is 5.86. The van der Waals surface area contributed by atoms with Gasteiger partial charge in [0.1, 0.15) is 5.60 Å². The minimum atomic E-state index is -0.660. The number of hydrogen-bond donors (Lipinski definition) is 2. The Morgan fingerprint density at radius 3 is 2.76 bits per heavy atom. The standard InChI is InChI=1S/C17H24N4O2.2ClH/c1-23-17(7-10-18-11-8-17)16(22)19-9-4-12-21-13-20-14-5-2-3-6-15(14)21;;/h2-3,5-6,13,18H,4,7-12H2,1H3,(H,19,22);2*1H. The third-order valence-electron chi connectivity index (χ3n) is 4.60. The minimum absolute atomic E-state index is 0. The van der Waals surface area contributed by atoms with Gasteiger partial charge in [-0.25, -0.2) is 4.98 Å². The summed E-state index contributed by atoms with van der Waals surface area (Å²) in [6.45, 7) is 3.12. The summed E-state index contributed by atoms with van der Waals surface area (Å²) in [6.07, 6.45) is 4.17. The van der Waals surface area contributed by atoms with Crippen LogP contribution in [0.25, 0.3) is 11.0 Å². The van der Waals surface area contributed by atoms with Gasteiger partial charge in [0.15, 0.2) is 0 Å². The third kappa shape index (κ3) is 4.85. The maximum absolute atomic E-state index is 12.4. The van der Waals surface area contributed by atoms with E-state index in [0.29, 0.717) is 6.54 Å². The van der Waals surface area contributed by atoms with Crippen molar-refractivity contribution in [2.24, 2.45) is 0 Å². The summed E-state index contributed by atoms with van der Waals surface area (Å²) < 4.78 is 7.66. The van der Waals surface area contributed by atoms with Gasteiger partial charge in [-0.3, -0.25) is 4.79 Å². The predicted octanol–water partition coefficient (Wildman–Crippen LogP) is 2.15. The Morgan fingerprint density at radius 1 is 1.32 bits per heavy atom. The number of benzene rings is 1. The van der Waals surface area contributed by atoms with Crippen LogP contribution in [0.4, 0.5) is 0 Å². The summed E-state index contributed by atoms with van der Waals surface area (Å²) in [5.74, 6) is 0.0111. The van der Waals surface area contributed by atoms with Crippen LogP contribution in [0.5, 0.6) is 0 Å². The van der Waals surface area contributed by atoms with E-state index in [0.717, 1.165) is 49.9 Å². The first-order valence-electron chi connectivity index (χ1n) is 8.19. The number of ether oxygens (including phenoxy) is 1. The van der Waals surface area contributed by atoms with Crippen molar-refractivity contribution in [1.82, 2.24) is 20.2 Å². The molecule has 1 aliphatic heterocycles. The molecule has 0 radical (unpaired) electrons. The number of carbonyl (C=O) groups excluding carboxylic acids is 1. The average molecular weight is 389 g/mol. The summed E-state index contributed by atoms with van der Waals surface area (Å²) >= 11 is 0. The second-order valence-corrected chi connectivity index (χ2v) is 5.98. The van der Waals surface area contributed by atoms with Crippen LogP contribution in [-0.2, 0) is 16.1 Å². The van der Waals surface area contributed by atoms with Gasteiger partial charge in [0, 0.05) is 20.2 Å². The van der Waals surface area contributed by atoms with E-state index in [1.54, 1.807) is 7.11 Å². The SMILES string of the molecule is COC1(C(=O)NCCCn2cnc3ccccc32)CCNCC1.Cl.Cl. The molecule has 1 fully saturated rings. The molecule has 0 saturated carbocycles. The van der Waals surface area contributed by atoms with Crippen molar-refractivity contribution >= 4 is 41.8 Å². The molecule has 140 valence electrons. The van der Waals surface area contributed by atoms with E-state index in [9.17, 15) is 4.79 Å². The van der Waals surface area contributed by atoms with Gasteiger partial charge in [-0.05, 0) is 44.5 Å². The summed E-state index contributed by atoms with van der Waals surface area (Å²) in [4.78, 5) is 16.8. The molecule has 8 heteroatoms. The number of aromatic nitrogens is 2. The van der Waals surface area contributed by atoms with Gasteiger partial charge < -0.3 is 19.9 Å². The Kier molecular flexibility index (Phi) is 8.65. The second kappa shape index (κ2) is 9.97. The fraction of sp³-hybridized carbons (Fsp3) is 0.529. The molecule has 25 heavy (non-hydrogen) atoms. The molecule has 0 spiro atoms. The van der Waals surface area contributed by atoms with Crippen LogP contribution >= 0.6 is 24.8 Å². The van der Waals surface area contributed by atoms with Gasteiger partial charge in [-0.15, -0.1) is 24.8 Å². The minimum Gasteiger partial charge on any atom is -0.368 e. The first kappa shape index (κ1) is 21.7. The van der Waals surface area contributed by atoms with Crippen LogP contribution in [0.1, 0.15) is 19.3 Å². The number of amides is 1. The van der Waals surface area contributed by atoms with Gasteiger partial charge in [0.25, 0.3) is 5.91 Å². The number of rotatable bonds is 6. The molecular formula is C17H26Cl2N4O2. The summed E-state index contributed by atoms with van der Waals surface area (Å²) in [5.41, 5.74) is 1.47. The number of piperidine rings is 1. The Bertz CT molecular complexity index is 671. The molecular weight excluding hydrogens is 363 g/mol. The van der Waals surface area contributed by atoms with Crippen LogP contribution in [0, 0.1) is 0 Å². The Balaban J connectivity index is 0.00000156. The number of imidazole rings is 1. The van der Waals surface area contributed by atoms with Gasteiger partial charge in [-0.1, -0.05) is 12.1 Å². The average Bonchev–Trinajstić information content (AvgIpc) is 3.02. The molecule has 2 aromatic rings. The molecule has 3 rings (SSSR count). The zero-order chi connectivity index (χ0) is 16.1. The number of nitrogens with zero attached hydrogens (tertiary/aromatic N) is 2. The number of aryl methyl sites for hydroxylation is 1. The lowest BCUT2D eigenvalue weighted by molar-refractivity contribution is -0.146. The van der Waals surface area contributed by atoms with E-state index in [1.807, 2.05) is 24.5 Å². The quantitative estimate of drug-likeness (QED) is 0.743. The molecule has 2 N–H and O–H groups in total. The largest absolute Gasteiger partial charge is 0.368 e. The van der Waals surface area contributed by atoms with Gasteiger partial charge in [-0.2, -0.15) is 0 Å². The molecule has 6 nitrogen and oxygen atoms in total. The number of hydrogen-bond acceptors (Lipinski definition) is 4. The fourth-order valence-corrected chi connectivity index (χ4v) is 3.16. The molecule has 0 atom stereocenters. The van der Waals surface area contributed by atoms with Crippen molar-refractivity contribution in [2.75, 3.05) is 26.7 Å². The molecule has 1 aromatic heterocycles. The maximum Gasteiger partial charge on any atom is 0.252 e. The highest BCUT2D eigenvalue weighted by Crippen LogP contribution is 2.22. The molecule has 0 unspecified atom stereocenters. The Hall–Kier alpha value is -1.34. The summed E-state index contributed by atoms with van der Waals surface area (Å²) in [7, 11) is 1.63. The van der Waals surface area contributed by atoms with E-state index in [-0.39, 0.29) is 30.7 Å². The molecule has 1 aromatic carbocycles. The number of methoxy groups -OCH3 is 1. The molecule has 1 amide bonds. The lowest BCUT2D eigenvalue weighted by Gasteiger charge is -2.34. The monoisotopic (exact) mass is 388 g/mol. The van der Waals surface area contributed by atoms with Crippen molar-refractivity contribution in [1.29, 1.82) is 0 Å². The van der Waals surface area contributed by atoms with Crippen LogP contribution in [0.2, 0.25) is 0 Å². The Morgan fingerprint density at radius 2 is 2.04 bits per heavy atom. The van der Waals surface area contributed by atoms with Crippen molar-refractivity contribution < 1.29 is 9.53 Å². The van der Waals surface area contributed by atoms with Crippen LogP contribution < -0.4 is 10.6 Å². The van der Waals surface area contributed by atoms with Crippen LogP contribution in [-0.4, -0.2) is 47.8 Å². The van der Waals surface area contributed by atoms with Crippen molar-refractivity contribution in [2.45, 2.75) is 31.4 Å². The molecule has 0 bridgehead atoms. The van der Waals surface area contributed by atoms with E-state index in [2.05, 4.69) is 26.3 Å². The van der Waals surface area contributed by atoms with Crippen molar-refractivity contribution in [3.63, 3.8) is 0 Å². The lowest BCUT2D eigenvalue weighted by atomic mass is 9.91. The fourth-order valence-electron chi connectivity index (χ4n) is 3.16. The number of para-hydroxylation sites is 2. The van der Waals surface area contributed by atoms with E-state index < -0.39 is 5.60 Å². The van der Waals surface area contributed by atoms with Crippen LogP contribution in [0.15, 0.2) is 30.6 Å². The zero-order valence-electron chi connectivity index (χ0n) is 14.4. The highest BCUT2D eigenvalue weighted by atomic mass is 35.5. The first-order chi connectivity index (χ1) is 11.2. The van der Waals surface area contributed by atoms with Crippen molar-refractivity contribution in [3.05, 3.63) is 30.6 Å². The van der Waals surface area contributed by atoms with Crippen molar-refractivity contribution in [3.8, 4) is 0 Å². The zero-order valence-corrected chi connectivity index (χ0v) is 16.0. The summed E-state index contributed by atoms with van der Waals surface area (Å²) in [6, 6.07) is 8.08. The molecule has 0 aliphatic carbocycles. The molecule has 1 aliphatic rings. The predicted molar refractivity (Wildman–Crippen MR) is 104 cm³/mol. The number of halogens is 2. The number of nitrogens with one attached hydrogen (secondary N) is 2. The number of fused-ring (bicyclic) bond motifs is 1. The third-order valence-corrected chi connectivity index (χ3v) is 4.60. The maximum atomic E-state index is 12.4. The van der Waals surface area contributed by atoms with E-state index >= 15 is 0 Å². The Labute approximate surface area is 160 Å². The smallest absolute Gasteiger partial charge is 0.252 e. The highest BCUT2D eigenvalue weighted by Gasteiger charge is 2.39. The normalized spacial score (nSPS) is 15.9. The lowest BCUT2D eigenvalue weighted by Crippen LogP contribution is -2.54. The van der Waals surface area contributed by atoms with Gasteiger partial charge in [0.05, 0.1) is 17.4 Å². The second-order valence-electron chi connectivity index (χ2n) is 5.98. The van der Waals surface area contributed by atoms with Crippen LogP contribution in [0.3, 0.4) is 0 Å². The first-order valence-corrected chi connectivity index (χ1v) is 8.19. The van der Waals surface area contributed by atoms with E-state index in [1.165, 1.54) is 0 Å². The summed E-state index contributed by atoms with van der Waals surface area (Å²) in [5, 5.41) is 6.29. The number of carbonyl (C=O) groups is 1. The van der Waals surface area contributed by atoms with E-state index in [4.69, 9.17) is 4.74 Å². The molecule has 1 saturated heterocycles. The van der Waals surface area contributed by atoms with Gasteiger partial charge >= 0.3 is 0 Å². The van der Waals surface area contributed by atoms with Gasteiger partial charge in [0.2, 0.25) is 0 Å². The molecule has 2 heterocycles. The topological polar surface area (TPSA) is 68.2 Å².